The summed E-state index contributed by atoms with van der Waals surface area (Å²) in [4.78, 5) is 27.6. The fourth-order valence-corrected chi connectivity index (χ4v) is 3.53. The number of non-ortho nitro benzene ring substituents is 1. The van der Waals surface area contributed by atoms with E-state index >= 15 is 0 Å². The van der Waals surface area contributed by atoms with E-state index in [2.05, 4.69) is 10.3 Å². The Balaban J connectivity index is 1.54. The van der Waals surface area contributed by atoms with Crippen molar-refractivity contribution < 1.29 is 14.1 Å². The Labute approximate surface area is 170 Å². The topological polar surface area (TPSA) is 97.7 Å². The average Bonchev–Trinajstić information content (AvgIpc) is 3.31. The molecule has 0 radical (unpaired) electrons. The van der Waals surface area contributed by atoms with Crippen molar-refractivity contribution in [3.63, 3.8) is 0 Å². The number of hydrogen-bond donors (Lipinski definition) is 1. The van der Waals surface area contributed by atoms with Crippen molar-refractivity contribution in [3.8, 4) is 11.3 Å². The molecule has 0 unspecified atom stereocenters. The summed E-state index contributed by atoms with van der Waals surface area (Å²) in [6.07, 6.45) is 1.62. The Hall–Kier alpha value is -3.65. The Morgan fingerprint density at radius 3 is 2.69 bits per heavy atom. The number of carbonyl (C=O) groups is 1. The number of thioether (sulfide) groups is 1. The number of hydrogen-bond acceptors (Lipinski definition) is 6. The number of amides is 1. The van der Waals surface area contributed by atoms with Crippen LogP contribution >= 0.6 is 11.8 Å². The molecule has 2 heterocycles. The molecule has 8 heteroatoms. The van der Waals surface area contributed by atoms with Crippen molar-refractivity contribution in [2.45, 2.75) is 6.92 Å². The van der Waals surface area contributed by atoms with Crippen LogP contribution in [0.2, 0.25) is 0 Å². The molecule has 1 aliphatic rings. The third-order valence-corrected chi connectivity index (χ3v) is 5.07. The van der Waals surface area contributed by atoms with E-state index in [1.807, 2.05) is 31.2 Å². The van der Waals surface area contributed by atoms with E-state index in [0.29, 0.717) is 27.2 Å². The van der Waals surface area contributed by atoms with Crippen molar-refractivity contribution in [1.82, 2.24) is 5.32 Å². The summed E-state index contributed by atoms with van der Waals surface area (Å²) in [7, 11) is 0. The van der Waals surface area contributed by atoms with Gasteiger partial charge in [0.05, 0.1) is 15.5 Å². The average molecular weight is 405 g/mol. The molecule has 144 valence electrons. The van der Waals surface area contributed by atoms with Crippen LogP contribution in [0.4, 0.5) is 11.4 Å². The van der Waals surface area contributed by atoms with Gasteiger partial charge >= 0.3 is 0 Å². The minimum absolute atomic E-state index is 0.0125. The third kappa shape index (κ3) is 4.27. The first-order valence-electron chi connectivity index (χ1n) is 8.69. The molecule has 3 aromatic rings. The quantitative estimate of drug-likeness (QED) is 0.372. The molecule has 0 aliphatic carbocycles. The minimum atomic E-state index is -0.455. The van der Waals surface area contributed by atoms with Gasteiger partial charge in [-0.25, -0.2) is 4.99 Å². The molecule has 0 spiro atoms. The summed E-state index contributed by atoms with van der Waals surface area (Å²) >= 11 is 1.23. The van der Waals surface area contributed by atoms with Crippen molar-refractivity contribution in [1.29, 1.82) is 0 Å². The second kappa shape index (κ2) is 7.76. The van der Waals surface area contributed by atoms with Crippen LogP contribution in [0, 0.1) is 17.0 Å². The van der Waals surface area contributed by atoms with Crippen molar-refractivity contribution >= 4 is 40.3 Å². The number of nitrogens with zero attached hydrogens (tertiary/aromatic N) is 2. The number of rotatable bonds is 4. The summed E-state index contributed by atoms with van der Waals surface area (Å²) in [6.45, 7) is 2.00. The van der Waals surface area contributed by atoms with Crippen molar-refractivity contribution in [2.75, 3.05) is 0 Å². The van der Waals surface area contributed by atoms with Crippen LogP contribution in [-0.2, 0) is 4.79 Å². The van der Waals surface area contributed by atoms with Crippen LogP contribution in [0.15, 0.2) is 75.0 Å². The fourth-order valence-electron chi connectivity index (χ4n) is 2.70. The zero-order valence-electron chi connectivity index (χ0n) is 15.3. The molecule has 4 rings (SSSR count). The second-order valence-corrected chi connectivity index (χ2v) is 7.36. The number of nitrogens with one attached hydrogen (secondary N) is 1. The van der Waals surface area contributed by atoms with Crippen LogP contribution in [-0.4, -0.2) is 16.0 Å². The van der Waals surface area contributed by atoms with Crippen LogP contribution in [0.5, 0.6) is 0 Å². The summed E-state index contributed by atoms with van der Waals surface area (Å²) < 4.78 is 5.75. The van der Waals surface area contributed by atoms with Gasteiger partial charge in [0.2, 0.25) is 0 Å². The lowest BCUT2D eigenvalue weighted by Crippen LogP contribution is -2.19. The maximum atomic E-state index is 12.2. The first-order valence-corrected chi connectivity index (χ1v) is 9.50. The fraction of sp³-hybridized carbons (Fsp3) is 0.0476. The van der Waals surface area contributed by atoms with Crippen LogP contribution in [0.25, 0.3) is 17.4 Å². The first kappa shape index (κ1) is 18.7. The Bertz CT molecular complexity index is 1160. The van der Waals surface area contributed by atoms with Gasteiger partial charge in [0, 0.05) is 23.8 Å². The van der Waals surface area contributed by atoms with Crippen molar-refractivity contribution in [2.24, 2.45) is 4.99 Å². The zero-order chi connectivity index (χ0) is 20.4. The molecule has 1 N–H and O–H groups in total. The third-order valence-electron chi connectivity index (χ3n) is 4.16. The van der Waals surface area contributed by atoms with Gasteiger partial charge in [0.1, 0.15) is 11.5 Å². The highest BCUT2D eigenvalue weighted by molar-refractivity contribution is 8.18. The number of aryl methyl sites for hydroxylation is 1. The normalized spacial score (nSPS) is 16.4. The van der Waals surface area contributed by atoms with E-state index < -0.39 is 4.92 Å². The summed E-state index contributed by atoms with van der Waals surface area (Å²) in [5, 5.41) is 14.2. The molecule has 0 atom stereocenters. The molecule has 1 saturated heterocycles. The standard InChI is InChI=1S/C21H15N3O4S/c1-13-5-7-15(8-6-13)22-21-23-20(25)19(29-21)12-17-9-10-18(28-17)14-3-2-4-16(11-14)24(26)27/h2-12H,1H3,(H,22,23,25)/b19-12+. The molecule has 1 fully saturated rings. The van der Waals surface area contributed by atoms with E-state index in [1.165, 1.54) is 23.9 Å². The molecular weight excluding hydrogens is 390 g/mol. The van der Waals surface area contributed by atoms with Gasteiger partial charge in [0.15, 0.2) is 5.17 Å². The molecule has 0 bridgehead atoms. The van der Waals surface area contributed by atoms with E-state index in [1.54, 1.807) is 30.3 Å². The monoisotopic (exact) mass is 405 g/mol. The van der Waals surface area contributed by atoms with E-state index in [-0.39, 0.29) is 11.6 Å². The maximum Gasteiger partial charge on any atom is 0.270 e. The first-order chi connectivity index (χ1) is 14.0. The predicted octanol–water partition coefficient (Wildman–Crippen LogP) is 5.05. The van der Waals surface area contributed by atoms with Gasteiger partial charge in [-0.1, -0.05) is 29.8 Å². The number of nitro benzene ring substituents is 1. The van der Waals surface area contributed by atoms with E-state index in [4.69, 9.17) is 4.42 Å². The molecule has 1 aliphatic heterocycles. The summed E-state index contributed by atoms with van der Waals surface area (Å²) in [5.74, 6) is 0.701. The summed E-state index contributed by atoms with van der Waals surface area (Å²) in [6, 6.07) is 17.3. The van der Waals surface area contributed by atoms with Gasteiger partial charge in [-0.2, -0.15) is 0 Å². The van der Waals surface area contributed by atoms with Crippen LogP contribution in [0.1, 0.15) is 11.3 Å². The number of aliphatic imine (C=N–C) groups is 1. The van der Waals surface area contributed by atoms with E-state index in [9.17, 15) is 14.9 Å². The van der Waals surface area contributed by atoms with Crippen LogP contribution in [0.3, 0.4) is 0 Å². The van der Waals surface area contributed by atoms with Gasteiger partial charge < -0.3 is 9.73 Å². The molecular formula is C21H15N3O4S. The summed E-state index contributed by atoms with van der Waals surface area (Å²) in [5.41, 5.74) is 2.47. The van der Waals surface area contributed by atoms with Gasteiger partial charge in [-0.15, -0.1) is 0 Å². The van der Waals surface area contributed by atoms with Gasteiger partial charge in [-0.3, -0.25) is 14.9 Å². The SMILES string of the molecule is Cc1ccc(N=C2NC(=O)/C(=C\c3ccc(-c4cccc([N+](=O)[O-])c4)o3)S2)cc1. The Morgan fingerprint density at radius 2 is 1.93 bits per heavy atom. The highest BCUT2D eigenvalue weighted by Gasteiger charge is 2.24. The Kier molecular flexibility index (Phi) is 5.01. The lowest BCUT2D eigenvalue weighted by atomic mass is 10.1. The van der Waals surface area contributed by atoms with Crippen LogP contribution < -0.4 is 5.32 Å². The highest BCUT2D eigenvalue weighted by atomic mass is 32.2. The predicted molar refractivity (Wildman–Crippen MR) is 113 cm³/mol. The smallest absolute Gasteiger partial charge is 0.270 e. The number of carbonyl (C=O) groups excluding carboxylic acids is 1. The second-order valence-electron chi connectivity index (χ2n) is 6.33. The number of furan rings is 1. The minimum Gasteiger partial charge on any atom is -0.457 e. The van der Waals surface area contributed by atoms with Crippen molar-refractivity contribution in [3.05, 3.63) is 87.0 Å². The number of nitro groups is 1. The zero-order valence-corrected chi connectivity index (χ0v) is 16.1. The molecule has 1 aromatic heterocycles. The number of amidine groups is 1. The molecule has 0 saturated carbocycles. The maximum absolute atomic E-state index is 12.2. The molecule has 2 aromatic carbocycles. The van der Waals surface area contributed by atoms with E-state index in [0.717, 1.165) is 11.3 Å². The molecule has 1 amide bonds. The lowest BCUT2D eigenvalue weighted by molar-refractivity contribution is -0.384. The largest absolute Gasteiger partial charge is 0.457 e. The van der Waals surface area contributed by atoms with Gasteiger partial charge in [0.25, 0.3) is 11.6 Å². The lowest BCUT2D eigenvalue weighted by Gasteiger charge is -1.97. The molecule has 7 nitrogen and oxygen atoms in total. The Morgan fingerprint density at radius 1 is 1.14 bits per heavy atom. The van der Waals surface area contributed by atoms with Gasteiger partial charge in [-0.05, 0) is 43.0 Å². The molecule has 29 heavy (non-hydrogen) atoms. The number of benzene rings is 2. The highest BCUT2D eigenvalue weighted by Crippen LogP contribution is 2.31.